The van der Waals surface area contributed by atoms with Gasteiger partial charge in [-0.25, -0.2) is 4.98 Å². The van der Waals surface area contributed by atoms with E-state index in [1.165, 1.54) is 0 Å². The molecule has 0 unspecified atom stereocenters. The highest BCUT2D eigenvalue weighted by Crippen LogP contribution is 2.36. The third-order valence-corrected chi connectivity index (χ3v) is 5.14. The molecule has 1 aliphatic heterocycles. The number of aromatic nitrogens is 2. The van der Waals surface area contributed by atoms with Crippen LogP contribution in [0, 0.1) is 0 Å². The van der Waals surface area contributed by atoms with Crippen LogP contribution in [0.1, 0.15) is 41.5 Å². The molecule has 2 atom stereocenters. The average molecular weight is 347 g/mol. The highest BCUT2D eigenvalue weighted by Gasteiger charge is 2.31. The normalized spacial score (nSPS) is 24.0. The maximum absolute atomic E-state index is 12.7. The smallest absolute Gasteiger partial charge is 0.268 e. The van der Waals surface area contributed by atoms with E-state index in [1.54, 1.807) is 16.8 Å². The van der Waals surface area contributed by atoms with Gasteiger partial charge in [-0.05, 0) is 31.4 Å². The summed E-state index contributed by atoms with van der Waals surface area (Å²) in [6.45, 7) is 1.59. The van der Waals surface area contributed by atoms with E-state index in [9.17, 15) is 4.79 Å². The molecular weight excluding hydrogens is 326 g/mol. The molecule has 1 aliphatic carbocycles. The number of nitrogens with one attached hydrogen (secondary N) is 1. The molecular formula is C17H21N3O3S. The van der Waals surface area contributed by atoms with Gasteiger partial charge in [0.25, 0.3) is 5.91 Å². The summed E-state index contributed by atoms with van der Waals surface area (Å²) in [6.07, 6.45) is 4.93. The summed E-state index contributed by atoms with van der Waals surface area (Å²) in [7, 11) is 0. The van der Waals surface area contributed by atoms with Gasteiger partial charge in [0.05, 0.1) is 30.5 Å². The topological polar surface area (TPSA) is 65.4 Å². The summed E-state index contributed by atoms with van der Waals surface area (Å²) in [5, 5.41) is 5.11. The van der Waals surface area contributed by atoms with Crippen LogP contribution in [0.4, 0.5) is 0 Å². The molecule has 2 fully saturated rings. The molecule has 0 spiro atoms. The van der Waals surface area contributed by atoms with E-state index in [2.05, 4.69) is 14.9 Å². The fourth-order valence-electron chi connectivity index (χ4n) is 3.04. The number of carbonyl (C=O) groups is 1. The van der Waals surface area contributed by atoms with Crippen LogP contribution >= 0.6 is 11.3 Å². The lowest BCUT2D eigenvalue weighted by Gasteiger charge is -2.32. The standard InChI is InChI=1S/C17H21N3O3S/c21-17(15-2-1-6-20(15)13-3-4-13)19-14-5-7-22-9-16(14)23-8-12-10-24-11-18-12/h1-2,6,10-11,13-14,16H,3-5,7-9H2,(H,19,21)/t14-,16-/m1/s1. The van der Waals surface area contributed by atoms with Crippen molar-refractivity contribution in [3.8, 4) is 0 Å². The summed E-state index contributed by atoms with van der Waals surface area (Å²) in [5.74, 6) is -0.0268. The van der Waals surface area contributed by atoms with Crippen LogP contribution < -0.4 is 5.32 Å². The minimum absolute atomic E-state index is 0.0268. The van der Waals surface area contributed by atoms with Crippen molar-refractivity contribution < 1.29 is 14.3 Å². The molecule has 4 rings (SSSR count). The van der Waals surface area contributed by atoms with Gasteiger partial charge in [-0.15, -0.1) is 11.3 Å². The van der Waals surface area contributed by atoms with Crippen molar-refractivity contribution in [2.75, 3.05) is 13.2 Å². The van der Waals surface area contributed by atoms with Crippen LogP contribution in [0.5, 0.6) is 0 Å². The second kappa shape index (κ2) is 7.04. The van der Waals surface area contributed by atoms with E-state index < -0.39 is 0 Å². The molecule has 1 N–H and O–H groups in total. The molecule has 1 saturated carbocycles. The minimum Gasteiger partial charge on any atom is -0.379 e. The van der Waals surface area contributed by atoms with Crippen LogP contribution in [-0.2, 0) is 16.1 Å². The summed E-state index contributed by atoms with van der Waals surface area (Å²) in [6, 6.07) is 4.28. The third-order valence-electron chi connectivity index (χ3n) is 4.50. The minimum atomic E-state index is -0.145. The number of nitrogens with zero attached hydrogens (tertiary/aromatic N) is 2. The van der Waals surface area contributed by atoms with E-state index in [0.717, 1.165) is 30.7 Å². The maximum atomic E-state index is 12.7. The number of carbonyl (C=O) groups excluding carboxylic acids is 1. The van der Waals surface area contributed by atoms with Gasteiger partial charge in [0.2, 0.25) is 0 Å². The first-order valence-electron chi connectivity index (χ1n) is 8.35. The fraction of sp³-hybridized carbons (Fsp3) is 0.529. The predicted molar refractivity (Wildman–Crippen MR) is 90.1 cm³/mol. The molecule has 3 heterocycles. The van der Waals surface area contributed by atoms with Gasteiger partial charge in [0.1, 0.15) is 11.8 Å². The Kier molecular flexibility index (Phi) is 4.64. The number of amides is 1. The first kappa shape index (κ1) is 15.8. The van der Waals surface area contributed by atoms with Crippen LogP contribution in [0.3, 0.4) is 0 Å². The molecule has 2 aromatic heterocycles. The van der Waals surface area contributed by atoms with Gasteiger partial charge in [-0.2, -0.15) is 0 Å². The molecule has 0 bridgehead atoms. The quantitative estimate of drug-likeness (QED) is 0.871. The monoisotopic (exact) mass is 347 g/mol. The van der Waals surface area contributed by atoms with Crippen LogP contribution in [0.25, 0.3) is 0 Å². The molecule has 6 nitrogen and oxygen atoms in total. The molecule has 1 amide bonds. The van der Waals surface area contributed by atoms with E-state index in [0.29, 0.717) is 25.9 Å². The first-order valence-corrected chi connectivity index (χ1v) is 9.29. The van der Waals surface area contributed by atoms with Crippen molar-refractivity contribution in [2.45, 2.75) is 44.1 Å². The summed E-state index contributed by atoms with van der Waals surface area (Å²) in [5.41, 5.74) is 3.45. The van der Waals surface area contributed by atoms with Crippen molar-refractivity contribution >= 4 is 17.2 Å². The molecule has 0 radical (unpaired) electrons. The average Bonchev–Trinajstić information content (AvgIpc) is 3.11. The fourth-order valence-corrected chi connectivity index (χ4v) is 3.59. The number of hydrogen-bond donors (Lipinski definition) is 1. The first-order chi connectivity index (χ1) is 11.8. The lowest BCUT2D eigenvalue weighted by atomic mass is 10.1. The van der Waals surface area contributed by atoms with E-state index in [-0.39, 0.29) is 18.1 Å². The van der Waals surface area contributed by atoms with Crippen LogP contribution in [-0.4, -0.2) is 40.8 Å². The van der Waals surface area contributed by atoms with Gasteiger partial charge in [0, 0.05) is 24.2 Å². The zero-order valence-electron chi connectivity index (χ0n) is 13.4. The van der Waals surface area contributed by atoms with Gasteiger partial charge < -0.3 is 19.4 Å². The highest BCUT2D eigenvalue weighted by molar-refractivity contribution is 7.07. The third kappa shape index (κ3) is 3.53. The van der Waals surface area contributed by atoms with Crippen molar-refractivity contribution in [2.24, 2.45) is 0 Å². The Morgan fingerprint density at radius 1 is 1.46 bits per heavy atom. The van der Waals surface area contributed by atoms with Gasteiger partial charge in [-0.3, -0.25) is 4.79 Å². The Labute approximate surface area is 144 Å². The van der Waals surface area contributed by atoms with Crippen molar-refractivity contribution in [3.05, 3.63) is 40.6 Å². The Morgan fingerprint density at radius 2 is 2.38 bits per heavy atom. The van der Waals surface area contributed by atoms with Gasteiger partial charge in [0.15, 0.2) is 0 Å². The second-order valence-corrected chi connectivity index (χ2v) is 7.02. The van der Waals surface area contributed by atoms with E-state index in [1.807, 2.05) is 23.7 Å². The van der Waals surface area contributed by atoms with Crippen LogP contribution in [0.15, 0.2) is 29.2 Å². The molecule has 2 aliphatic rings. The van der Waals surface area contributed by atoms with Gasteiger partial charge >= 0.3 is 0 Å². The Bertz CT molecular complexity index is 681. The molecule has 24 heavy (non-hydrogen) atoms. The van der Waals surface area contributed by atoms with Crippen LogP contribution in [0.2, 0.25) is 0 Å². The van der Waals surface area contributed by atoms with E-state index in [4.69, 9.17) is 9.47 Å². The van der Waals surface area contributed by atoms with Crippen molar-refractivity contribution in [1.82, 2.24) is 14.9 Å². The summed E-state index contributed by atoms with van der Waals surface area (Å²) < 4.78 is 13.6. The largest absolute Gasteiger partial charge is 0.379 e. The zero-order valence-corrected chi connectivity index (χ0v) is 14.2. The highest BCUT2D eigenvalue weighted by atomic mass is 32.1. The lowest BCUT2D eigenvalue weighted by molar-refractivity contribution is -0.0742. The zero-order chi connectivity index (χ0) is 16.4. The molecule has 1 saturated heterocycles. The summed E-state index contributed by atoms with van der Waals surface area (Å²) >= 11 is 1.55. The van der Waals surface area contributed by atoms with Crippen molar-refractivity contribution in [3.63, 3.8) is 0 Å². The van der Waals surface area contributed by atoms with Crippen molar-refractivity contribution in [1.29, 1.82) is 0 Å². The molecule has 2 aromatic rings. The predicted octanol–water partition coefficient (Wildman–Crippen LogP) is 2.38. The second-order valence-electron chi connectivity index (χ2n) is 6.30. The summed E-state index contributed by atoms with van der Waals surface area (Å²) in [4.78, 5) is 16.9. The number of rotatable bonds is 6. The number of ether oxygens (including phenoxy) is 2. The van der Waals surface area contributed by atoms with Gasteiger partial charge in [-0.1, -0.05) is 0 Å². The van der Waals surface area contributed by atoms with E-state index >= 15 is 0 Å². The SMILES string of the molecule is O=C(N[C@@H]1CCOC[C@H]1OCc1cscn1)c1cccn1C1CC1. The Balaban J connectivity index is 1.39. The maximum Gasteiger partial charge on any atom is 0.268 e. The number of thiazole rings is 1. The number of hydrogen-bond acceptors (Lipinski definition) is 5. The molecule has 7 heteroatoms. The molecule has 0 aromatic carbocycles. The lowest BCUT2D eigenvalue weighted by Crippen LogP contribution is -2.50. The molecule has 128 valence electrons. The Hall–Kier alpha value is -1.70. The Morgan fingerprint density at radius 3 is 3.17 bits per heavy atom.